The maximum absolute atomic E-state index is 12.7. The van der Waals surface area contributed by atoms with Crippen LogP contribution in [0.15, 0.2) is 33.2 Å². The van der Waals surface area contributed by atoms with E-state index in [4.69, 9.17) is 9.52 Å². The van der Waals surface area contributed by atoms with Gasteiger partial charge in [0, 0.05) is 27.9 Å². The smallest absolute Gasteiger partial charge is 0.305 e. The van der Waals surface area contributed by atoms with Crippen molar-refractivity contribution in [2.75, 3.05) is 18.1 Å². The number of aliphatic carboxylic acids is 1. The van der Waals surface area contributed by atoms with Gasteiger partial charge in [0.25, 0.3) is 5.91 Å². The number of thioether (sulfide) groups is 1. The molecule has 116 valence electrons. The van der Waals surface area contributed by atoms with Gasteiger partial charge in [-0.2, -0.15) is 11.8 Å². The maximum Gasteiger partial charge on any atom is 0.305 e. The van der Waals surface area contributed by atoms with Crippen LogP contribution in [0.3, 0.4) is 0 Å². The van der Waals surface area contributed by atoms with Gasteiger partial charge in [0.1, 0.15) is 5.58 Å². The first-order valence-electron chi connectivity index (χ1n) is 6.84. The normalized spacial score (nSPS) is 18.6. The molecule has 0 aliphatic carbocycles. The molecule has 1 atom stereocenters. The summed E-state index contributed by atoms with van der Waals surface area (Å²) in [6, 6.07) is 6.96. The Hall–Kier alpha value is -1.47. The zero-order valence-corrected chi connectivity index (χ0v) is 14.0. The Morgan fingerprint density at radius 3 is 3.00 bits per heavy atom. The van der Waals surface area contributed by atoms with E-state index in [9.17, 15) is 9.59 Å². The van der Waals surface area contributed by atoms with E-state index in [1.54, 1.807) is 28.8 Å². The average molecular weight is 384 g/mol. The van der Waals surface area contributed by atoms with Gasteiger partial charge in [-0.3, -0.25) is 9.59 Å². The van der Waals surface area contributed by atoms with E-state index >= 15 is 0 Å². The highest BCUT2D eigenvalue weighted by molar-refractivity contribution is 9.10. The molecule has 1 aromatic heterocycles. The molecule has 0 saturated carbocycles. The Kier molecular flexibility index (Phi) is 4.44. The molecule has 5 nitrogen and oxygen atoms in total. The summed E-state index contributed by atoms with van der Waals surface area (Å²) in [5.41, 5.74) is 0.646. The monoisotopic (exact) mass is 383 g/mol. The predicted molar refractivity (Wildman–Crippen MR) is 88.3 cm³/mol. The Bertz CT molecular complexity index is 729. The number of benzene rings is 1. The third kappa shape index (κ3) is 3.15. The lowest BCUT2D eigenvalue weighted by atomic mass is 10.2. The highest BCUT2D eigenvalue weighted by Gasteiger charge is 2.31. The lowest BCUT2D eigenvalue weighted by Crippen LogP contribution is -2.47. The number of amides is 1. The van der Waals surface area contributed by atoms with Crippen LogP contribution in [-0.2, 0) is 4.79 Å². The molecule has 1 unspecified atom stereocenters. The Morgan fingerprint density at radius 1 is 1.41 bits per heavy atom. The number of hydrogen-bond donors (Lipinski definition) is 1. The fourth-order valence-electron chi connectivity index (χ4n) is 2.55. The van der Waals surface area contributed by atoms with Gasteiger partial charge in [0.05, 0.1) is 12.5 Å². The molecule has 1 N–H and O–H groups in total. The van der Waals surface area contributed by atoms with E-state index in [-0.39, 0.29) is 24.1 Å². The van der Waals surface area contributed by atoms with Gasteiger partial charge in [0.15, 0.2) is 5.76 Å². The van der Waals surface area contributed by atoms with Crippen LogP contribution < -0.4 is 0 Å². The molecule has 2 aromatic rings. The van der Waals surface area contributed by atoms with Crippen molar-refractivity contribution in [2.45, 2.75) is 12.5 Å². The van der Waals surface area contributed by atoms with Crippen LogP contribution in [0, 0.1) is 0 Å². The number of carboxylic acids is 1. The van der Waals surface area contributed by atoms with Crippen molar-refractivity contribution in [3.05, 3.63) is 34.5 Å². The van der Waals surface area contributed by atoms with Crippen LogP contribution in [0.5, 0.6) is 0 Å². The largest absolute Gasteiger partial charge is 0.481 e. The Balaban J connectivity index is 1.87. The van der Waals surface area contributed by atoms with Gasteiger partial charge in [-0.1, -0.05) is 15.9 Å². The van der Waals surface area contributed by atoms with Gasteiger partial charge < -0.3 is 14.4 Å². The van der Waals surface area contributed by atoms with Crippen molar-refractivity contribution in [1.82, 2.24) is 4.90 Å². The molecule has 0 radical (unpaired) electrons. The molecular weight excluding hydrogens is 370 g/mol. The van der Waals surface area contributed by atoms with E-state index < -0.39 is 5.97 Å². The minimum Gasteiger partial charge on any atom is -0.481 e. The zero-order valence-electron chi connectivity index (χ0n) is 11.6. The van der Waals surface area contributed by atoms with Gasteiger partial charge in [-0.15, -0.1) is 0 Å². The quantitative estimate of drug-likeness (QED) is 0.880. The number of halogens is 1. The van der Waals surface area contributed by atoms with Crippen LogP contribution in [0.2, 0.25) is 0 Å². The number of carbonyl (C=O) groups excluding carboxylic acids is 1. The maximum atomic E-state index is 12.7. The lowest BCUT2D eigenvalue weighted by molar-refractivity contribution is -0.138. The number of nitrogens with zero attached hydrogens (tertiary/aromatic N) is 1. The summed E-state index contributed by atoms with van der Waals surface area (Å²) in [7, 11) is 0. The van der Waals surface area contributed by atoms with Gasteiger partial charge in [-0.25, -0.2) is 0 Å². The summed E-state index contributed by atoms with van der Waals surface area (Å²) in [6.07, 6.45) is -0.0372. The molecule has 7 heteroatoms. The van der Waals surface area contributed by atoms with Crippen LogP contribution in [-0.4, -0.2) is 46.0 Å². The molecular formula is C15H14BrNO4S. The van der Waals surface area contributed by atoms with E-state index in [0.29, 0.717) is 17.9 Å². The lowest BCUT2D eigenvalue weighted by Gasteiger charge is -2.33. The summed E-state index contributed by atoms with van der Waals surface area (Å²) >= 11 is 5.06. The molecule has 1 aliphatic rings. The van der Waals surface area contributed by atoms with E-state index in [0.717, 1.165) is 15.6 Å². The van der Waals surface area contributed by atoms with Crippen molar-refractivity contribution >= 4 is 50.5 Å². The molecule has 1 saturated heterocycles. The third-order valence-electron chi connectivity index (χ3n) is 3.59. The molecule has 1 aliphatic heterocycles. The zero-order chi connectivity index (χ0) is 15.7. The molecule has 0 bridgehead atoms. The number of furan rings is 1. The fourth-order valence-corrected chi connectivity index (χ4v) is 4.00. The highest BCUT2D eigenvalue weighted by Crippen LogP contribution is 2.26. The number of fused-ring (bicyclic) bond motifs is 1. The second kappa shape index (κ2) is 6.34. The van der Waals surface area contributed by atoms with Crippen LogP contribution in [0.1, 0.15) is 17.0 Å². The highest BCUT2D eigenvalue weighted by atomic mass is 79.9. The van der Waals surface area contributed by atoms with Gasteiger partial charge in [0.2, 0.25) is 0 Å². The number of carboxylic acid groups (broad SMARTS) is 1. The second-order valence-electron chi connectivity index (χ2n) is 5.12. The molecule has 1 aromatic carbocycles. The van der Waals surface area contributed by atoms with Crippen molar-refractivity contribution in [2.24, 2.45) is 0 Å². The van der Waals surface area contributed by atoms with E-state index in [1.165, 1.54) is 0 Å². The number of hydrogen-bond acceptors (Lipinski definition) is 4. The van der Waals surface area contributed by atoms with Crippen molar-refractivity contribution in [3.63, 3.8) is 0 Å². The topological polar surface area (TPSA) is 70.8 Å². The first-order valence-corrected chi connectivity index (χ1v) is 8.79. The van der Waals surface area contributed by atoms with Gasteiger partial charge >= 0.3 is 5.97 Å². The third-order valence-corrected chi connectivity index (χ3v) is 5.17. The predicted octanol–water partition coefficient (Wildman–Crippen LogP) is 3.23. The minimum absolute atomic E-state index is 0.0372. The van der Waals surface area contributed by atoms with E-state index in [2.05, 4.69) is 15.9 Å². The molecule has 3 rings (SSSR count). The summed E-state index contributed by atoms with van der Waals surface area (Å²) < 4.78 is 6.54. The van der Waals surface area contributed by atoms with Crippen LogP contribution in [0.4, 0.5) is 0 Å². The molecule has 1 amide bonds. The minimum atomic E-state index is -0.890. The summed E-state index contributed by atoms with van der Waals surface area (Å²) in [6.45, 7) is 0.544. The Labute approximate surface area is 139 Å². The molecule has 0 spiro atoms. The van der Waals surface area contributed by atoms with Crippen molar-refractivity contribution < 1.29 is 19.1 Å². The number of rotatable bonds is 3. The standard InChI is InChI=1S/C15H14BrNO4S/c16-10-1-2-12-9(5-10)6-13(21-12)15(20)17-3-4-22-8-11(17)7-14(18)19/h1-2,5-6,11H,3-4,7-8H2,(H,18,19). The molecule has 2 heterocycles. The van der Waals surface area contributed by atoms with Crippen LogP contribution in [0.25, 0.3) is 11.0 Å². The molecule has 22 heavy (non-hydrogen) atoms. The van der Waals surface area contributed by atoms with Crippen molar-refractivity contribution in [1.29, 1.82) is 0 Å². The second-order valence-corrected chi connectivity index (χ2v) is 7.18. The number of carbonyl (C=O) groups is 2. The SMILES string of the molecule is O=C(O)CC1CSCCN1C(=O)c1cc2cc(Br)ccc2o1. The van der Waals surface area contributed by atoms with Crippen molar-refractivity contribution in [3.8, 4) is 0 Å². The average Bonchev–Trinajstić information content (AvgIpc) is 2.89. The first kappa shape index (κ1) is 15.4. The van der Waals surface area contributed by atoms with Crippen LogP contribution >= 0.6 is 27.7 Å². The Morgan fingerprint density at radius 2 is 2.23 bits per heavy atom. The van der Waals surface area contributed by atoms with E-state index in [1.807, 2.05) is 12.1 Å². The summed E-state index contributed by atoms with van der Waals surface area (Å²) in [5, 5.41) is 9.85. The fraction of sp³-hybridized carbons (Fsp3) is 0.333. The summed E-state index contributed by atoms with van der Waals surface area (Å²) in [5.74, 6) is 0.588. The van der Waals surface area contributed by atoms with Gasteiger partial charge in [-0.05, 0) is 24.3 Å². The summed E-state index contributed by atoms with van der Waals surface area (Å²) in [4.78, 5) is 25.3. The molecule has 1 fully saturated rings. The first-order chi connectivity index (χ1) is 10.5.